The molecule has 1 aromatic heterocycles. The van der Waals surface area contributed by atoms with Gasteiger partial charge in [-0.2, -0.15) is 5.10 Å². The molecule has 10 nitrogen and oxygen atoms in total. The van der Waals surface area contributed by atoms with E-state index in [1.807, 2.05) is 4.90 Å². The molecule has 1 aromatic carbocycles. The second-order valence-electron chi connectivity index (χ2n) is 8.43. The van der Waals surface area contributed by atoms with Crippen LogP contribution in [0.3, 0.4) is 0 Å². The van der Waals surface area contributed by atoms with Gasteiger partial charge in [-0.15, -0.1) is 0 Å². The van der Waals surface area contributed by atoms with Gasteiger partial charge < -0.3 is 15.0 Å². The number of alkyl carbamates (subject to hydrolysis) is 1. The van der Waals surface area contributed by atoms with E-state index in [1.165, 1.54) is 18.3 Å². The lowest BCUT2D eigenvalue weighted by Gasteiger charge is -2.29. The van der Waals surface area contributed by atoms with Crippen LogP contribution in [0.4, 0.5) is 14.9 Å². The van der Waals surface area contributed by atoms with Crippen LogP contribution in [0.5, 0.6) is 0 Å². The van der Waals surface area contributed by atoms with Gasteiger partial charge in [0.25, 0.3) is 5.56 Å². The Kier molecular flexibility index (Phi) is 7.39. The summed E-state index contributed by atoms with van der Waals surface area (Å²) in [4.78, 5) is 25.9. The van der Waals surface area contributed by atoms with Crippen LogP contribution in [0.1, 0.15) is 32.1 Å². The smallest absolute Gasteiger partial charge is 0.407 e. The summed E-state index contributed by atoms with van der Waals surface area (Å²) in [5, 5.41) is 8.93. The van der Waals surface area contributed by atoms with Gasteiger partial charge in [0.15, 0.2) is 0 Å². The number of ether oxygens (including phenoxy) is 1. The number of carbonyl (C=O) groups is 1. The third kappa shape index (κ3) is 5.86. The first kappa shape index (κ1) is 24.4. The Morgan fingerprint density at radius 2 is 1.82 bits per heavy atom. The van der Waals surface area contributed by atoms with Crippen molar-refractivity contribution in [2.45, 2.75) is 55.2 Å². The van der Waals surface area contributed by atoms with E-state index in [-0.39, 0.29) is 28.1 Å². The number of hydrogen-bond donors (Lipinski definition) is 3. The lowest BCUT2D eigenvalue weighted by atomic mass is 9.92. The fourth-order valence-corrected chi connectivity index (χ4v) is 5.76. The van der Waals surface area contributed by atoms with Crippen molar-refractivity contribution in [3.8, 4) is 0 Å². The molecule has 34 heavy (non-hydrogen) atoms. The average Bonchev–Trinajstić information content (AvgIpc) is 3.25. The van der Waals surface area contributed by atoms with Crippen molar-refractivity contribution in [2.24, 2.45) is 0 Å². The second kappa shape index (κ2) is 10.3. The van der Waals surface area contributed by atoms with Gasteiger partial charge in [0.05, 0.1) is 23.3 Å². The van der Waals surface area contributed by atoms with Crippen molar-refractivity contribution in [3.63, 3.8) is 0 Å². The number of nitrogens with zero attached hydrogens (tertiary/aromatic N) is 2. The summed E-state index contributed by atoms with van der Waals surface area (Å²) < 4.78 is 46.2. The Morgan fingerprint density at radius 1 is 1.15 bits per heavy atom. The highest BCUT2D eigenvalue weighted by atomic mass is 35.5. The van der Waals surface area contributed by atoms with E-state index in [9.17, 15) is 22.4 Å². The van der Waals surface area contributed by atoms with Crippen molar-refractivity contribution >= 4 is 33.4 Å². The monoisotopic (exact) mass is 513 g/mol. The van der Waals surface area contributed by atoms with Crippen molar-refractivity contribution in [1.82, 2.24) is 20.2 Å². The van der Waals surface area contributed by atoms with Crippen LogP contribution in [0.15, 0.2) is 40.2 Å². The molecule has 2 aliphatic rings. The number of halogens is 2. The van der Waals surface area contributed by atoms with Gasteiger partial charge in [-0.1, -0.05) is 11.6 Å². The number of nitrogens with one attached hydrogen (secondary N) is 3. The Labute approximate surface area is 200 Å². The number of benzene rings is 1. The van der Waals surface area contributed by atoms with Crippen molar-refractivity contribution < 1.29 is 22.3 Å². The fourth-order valence-electron chi connectivity index (χ4n) is 4.25. The van der Waals surface area contributed by atoms with Crippen LogP contribution in [0.2, 0.25) is 5.02 Å². The van der Waals surface area contributed by atoms with E-state index in [2.05, 4.69) is 20.2 Å². The molecule has 13 heteroatoms. The minimum atomic E-state index is -3.74. The van der Waals surface area contributed by atoms with Gasteiger partial charge in [0.2, 0.25) is 10.0 Å². The summed E-state index contributed by atoms with van der Waals surface area (Å²) in [5.41, 5.74) is 0.0233. The molecular weight excluding hydrogens is 489 g/mol. The Hall–Kier alpha value is -2.70. The molecule has 2 fully saturated rings. The van der Waals surface area contributed by atoms with Crippen molar-refractivity contribution in [1.29, 1.82) is 0 Å². The summed E-state index contributed by atoms with van der Waals surface area (Å²) in [5.74, 6) is -0.501. The van der Waals surface area contributed by atoms with Crippen LogP contribution >= 0.6 is 11.6 Å². The highest BCUT2D eigenvalue weighted by Crippen LogP contribution is 2.26. The van der Waals surface area contributed by atoms with E-state index in [0.717, 1.165) is 12.1 Å². The summed E-state index contributed by atoms with van der Waals surface area (Å²) in [6.45, 7) is 0.971. The van der Waals surface area contributed by atoms with E-state index in [1.54, 1.807) is 0 Å². The molecule has 4 rings (SSSR count). The van der Waals surface area contributed by atoms with Crippen molar-refractivity contribution in [2.75, 3.05) is 18.0 Å². The van der Waals surface area contributed by atoms with Gasteiger partial charge >= 0.3 is 6.09 Å². The normalized spacial score (nSPS) is 23.0. The van der Waals surface area contributed by atoms with Gasteiger partial charge in [-0.05, 0) is 49.9 Å². The van der Waals surface area contributed by atoms with Gasteiger partial charge in [0, 0.05) is 25.0 Å². The molecule has 1 saturated heterocycles. The Morgan fingerprint density at radius 3 is 2.53 bits per heavy atom. The van der Waals surface area contributed by atoms with Crippen molar-refractivity contribution in [3.05, 3.63) is 51.7 Å². The number of aromatic nitrogens is 2. The molecule has 1 amide bonds. The average molecular weight is 514 g/mol. The second-order valence-corrected chi connectivity index (χ2v) is 10.5. The van der Waals surface area contributed by atoms with E-state index in [4.69, 9.17) is 16.3 Å². The number of carbonyl (C=O) groups excluding carboxylic acids is 1. The number of amides is 1. The third-order valence-corrected chi connectivity index (χ3v) is 7.93. The molecule has 0 unspecified atom stereocenters. The molecule has 0 spiro atoms. The standard InChI is InChI=1S/C21H25ClFN5O5S/c22-19-18(11-24-26-20(19)29)28-10-9-16(12-28)33-21(30)25-14-3-5-15(6-4-14)27-34(31,32)17-7-1-13(23)2-8-17/h1-2,7-8,11,14-16,27H,3-6,9-10,12H2,(H,25,30)(H,26,29)/t14?,15?,16-/m1/s1. The molecule has 2 heterocycles. The zero-order valence-electron chi connectivity index (χ0n) is 18.2. The third-order valence-electron chi connectivity index (χ3n) is 6.03. The van der Waals surface area contributed by atoms with Crippen LogP contribution in [-0.4, -0.2) is 56.0 Å². The molecule has 3 N–H and O–H groups in total. The first-order valence-corrected chi connectivity index (χ1v) is 12.8. The summed E-state index contributed by atoms with van der Waals surface area (Å²) in [6.07, 6.45) is 3.47. The minimum absolute atomic E-state index is 0.0144. The Bertz CT molecular complexity index is 1180. The minimum Gasteiger partial charge on any atom is -0.444 e. The highest BCUT2D eigenvalue weighted by molar-refractivity contribution is 7.89. The van der Waals surface area contributed by atoms with Gasteiger partial charge in [-0.3, -0.25) is 4.79 Å². The molecule has 184 valence electrons. The van der Waals surface area contributed by atoms with Crippen LogP contribution in [0.25, 0.3) is 0 Å². The lowest BCUT2D eigenvalue weighted by Crippen LogP contribution is -2.44. The number of H-pyrrole nitrogens is 1. The molecule has 1 aliphatic heterocycles. The first-order chi connectivity index (χ1) is 16.2. The molecular formula is C21H25ClFN5O5S. The number of rotatable bonds is 6. The zero-order chi connectivity index (χ0) is 24.3. The SMILES string of the molecule is O=C(NC1CCC(NS(=O)(=O)c2ccc(F)cc2)CC1)O[C@@H]1CCN(c2cn[nH]c(=O)c2Cl)C1. The highest BCUT2D eigenvalue weighted by Gasteiger charge is 2.30. The van der Waals surface area contributed by atoms with Crippen LogP contribution in [0, 0.1) is 5.82 Å². The molecule has 0 bridgehead atoms. The number of anilines is 1. The maximum absolute atomic E-state index is 13.1. The number of sulfonamides is 1. The molecule has 0 radical (unpaired) electrons. The fraction of sp³-hybridized carbons (Fsp3) is 0.476. The quantitative estimate of drug-likeness (QED) is 0.539. The first-order valence-electron chi connectivity index (χ1n) is 10.9. The largest absolute Gasteiger partial charge is 0.444 e. The van der Waals surface area contributed by atoms with E-state index < -0.39 is 27.5 Å². The van der Waals surface area contributed by atoms with Gasteiger partial charge in [0.1, 0.15) is 16.9 Å². The lowest BCUT2D eigenvalue weighted by molar-refractivity contribution is 0.102. The maximum Gasteiger partial charge on any atom is 0.407 e. The molecule has 1 aliphatic carbocycles. The maximum atomic E-state index is 13.1. The molecule has 1 atom stereocenters. The predicted molar refractivity (Wildman–Crippen MR) is 123 cm³/mol. The predicted octanol–water partition coefficient (Wildman–Crippen LogP) is 2.16. The number of hydrogen-bond acceptors (Lipinski definition) is 7. The summed E-state index contributed by atoms with van der Waals surface area (Å²) in [7, 11) is -3.74. The summed E-state index contributed by atoms with van der Waals surface area (Å²) >= 11 is 6.05. The van der Waals surface area contributed by atoms with Crippen LogP contribution < -0.4 is 20.5 Å². The van der Waals surface area contributed by atoms with Gasteiger partial charge in [-0.25, -0.2) is 27.4 Å². The van der Waals surface area contributed by atoms with E-state index >= 15 is 0 Å². The summed E-state index contributed by atoms with van der Waals surface area (Å²) in [6, 6.07) is 4.28. The zero-order valence-corrected chi connectivity index (χ0v) is 19.7. The molecule has 2 aromatic rings. The molecule has 1 saturated carbocycles. The van der Waals surface area contributed by atoms with Crippen LogP contribution in [-0.2, 0) is 14.8 Å². The topological polar surface area (TPSA) is 133 Å². The Balaban J connectivity index is 1.22. The number of aromatic amines is 1. The van der Waals surface area contributed by atoms with E-state index in [0.29, 0.717) is 50.9 Å².